The van der Waals surface area contributed by atoms with Gasteiger partial charge in [0.15, 0.2) is 0 Å². The van der Waals surface area contributed by atoms with Crippen LogP contribution in [0.25, 0.3) is 0 Å². The topological polar surface area (TPSA) is 107 Å². The highest BCUT2D eigenvalue weighted by atomic mass is 16.4. The highest BCUT2D eigenvalue weighted by Crippen LogP contribution is 2.39. The Morgan fingerprint density at radius 1 is 0.941 bits per heavy atom. The molecule has 0 bridgehead atoms. The minimum Gasteiger partial charge on any atom is -0.465 e. The second kappa shape index (κ2) is 11.2. The van der Waals surface area contributed by atoms with E-state index in [2.05, 4.69) is 14.9 Å². The maximum atomic E-state index is 12.2. The molecule has 9 nitrogen and oxygen atoms in total. The minimum atomic E-state index is -0.811. The van der Waals surface area contributed by atoms with E-state index in [1.54, 1.807) is 30.7 Å². The van der Waals surface area contributed by atoms with Crippen molar-refractivity contribution >= 4 is 23.6 Å². The molecule has 1 aliphatic carbocycles. The van der Waals surface area contributed by atoms with Crippen LogP contribution in [0.5, 0.6) is 0 Å². The summed E-state index contributed by atoms with van der Waals surface area (Å²) in [7, 11) is 0. The van der Waals surface area contributed by atoms with Crippen LogP contribution in [0.15, 0.2) is 48.9 Å². The number of carbonyl (C=O) groups excluding carboxylic acids is 2. The van der Waals surface area contributed by atoms with Crippen LogP contribution in [0.3, 0.4) is 0 Å². The van der Waals surface area contributed by atoms with Crippen LogP contribution < -0.4 is 4.90 Å². The van der Waals surface area contributed by atoms with Crippen LogP contribution in [0.2, 0.25) is 0 Å². The van der Waals surface area contributed by atoms with E-state index in [0.29, 0.717) is 18.8 Å². The Hall–Kier alpha value is -3.33. The first kappa shape index (κ1) is 23.8. The molecule has 2 atom stereocenters. The van der Waals surface area contributed by atoms with E-state index in [9.17, 15) is 14.4 Å². The van der Waals surface area contributed by atoms with Crippen molar-refractivity contribution in [3.05, 3.63) is 54.6 Å². The van der Waals surface area contributed by atoms with Crippen molar-refractivity contribution in [3.8, 4) is 0 Å². The molecule has 2 saturated heterocycles. The monoisotopic (exact) mass is 465 g/mol. The van der Waals surface area contributed by atoms with Crippen molar-refractivity contribution in [2.45, 2.75) is 32.1 Å². The molecule has 2 unspecified atom stereocenters. The van der Waals surface area contributed by atoms with Crippen LogP contribution in [0.1, 0.15) is 31.4 Å². The number of carboxylic acid groups (broad SMARTS) is 1. The number of fused-ring (bicyclic) bond motifs is 1. The average Bonchev–Trinajstić information content (AvgIpc) is 3.14. The molecule has 2 aromatic heterocycles. The summed E-state index contributed by atoms with van der Waals surface area (Å²) in [6.07, 6.45) is 8.95. The molecule has 3 fully saturated rings. The zero-order chi connectivity index (χ0) is 23.9. The van der Waals surface area contributed by atoms with E-state index in [1.165, 1.54) is 9.80 Å². The Bertz CT molecular complexity index is 955. The van der Waals surface area contributed by atoms with E-state index in [0.717, 1.165) is 57.4 Å². The van der Waals surface area contributed by atoms with E-state index in [4.69, 9.17) is 5.11 Å². The van der Waals surface area contributed by atoms with Crippen molar-refractivity contribution in [2.24, 2.45) is 11.8 Å². The number of hydrogen-bond acceptors (Lipinski definition) is 6. The molecule has 3 aliphatic rings. The molecule has 5 rings (SSSR count). The molecule has 2 aliphatic heterocycles. The van der Waals surface area contributed by atoms with E-state index >= 15 is 0 Å². The van der Waals surface area contributed by atoms with Crippen LogP contribution in [-0.4, -0.2) is 75.5 Å². The molecular formula is C25H31N5O4. The van der Waals surface area contributed by atoms with Gasteiger partial charge in [-0.1, -0.05) is 18.9 Å². The smallest absolute Gasteiger partial charge is 0.407 e. The molecule has 2 aromatic rings. The highest BCUT2D eigenvalue weighted by molar-refractivity contribution is 6.22. The van der Waals surface area contributed by atoms with Gasteiger partial charge in [0.1, 0.15) is 0 Å². The summed E-state index contributed by atoms with van der Waals surface area (Å²) in [6, 6.07) is 9.44. The van der Waals surface area contributed by atoms with Crippen LogP contribution in [0.4, 0.5) is 10.5 Å². The summed E-state index contributed by atoms with van der Waals surface area (Å²) in [5.74, 6) is -0.242. The molecule has 0 radical (unpaired) electrons. The Kier molecular flexibility index (Phi) is 7.84. The zero-order valence-electron chi connectivity index (χ0n) is 19.3. The van der Waals surface area contributed by atoms with Gasteiger partial charge in [-0.3, -0.25) is 24.5 Å². The lowest BCUT2D eigenvalue weighted by atomic mass is 9.81. The first-order valence-corrected chi connectivity index (χ1v) is 11.9. The Labute approximate surface area is 199 Å². The number of piperazine rings is 1. The van der Waals surface area contributed by atoms with Crippen molar-refractivity contribution in [2.75, 3.05) is 37.6 Å². The van der Waals surface area contributed by atoms with Gasteiger partial charge in [0, 0.05) is 57.2 Å². The molecule has 0 aromatic carbocycles. The van der Waals surface area contributed by atoms with Crippen molar-refractivity contribution in [3.63, 3.8) is 0 Å². The SMILES string of the molecule is O=C(O)N1CCN(CCc2ccccn2)CC1.O=C1C2CCCCC2C(=O)N1c1cccnc1. The first-order valence-electron chi connectivity index (χ1n) is 11.9. The van der Waals surface area contributed by atoms with E-state index in [1.807, 2.05) is 18.2 Å². The fraction of sp³-hybridized carbons (Fsp3) is 0.480. The molecule has 0 spiro atoms. The number of rotatable bonds is 4. The third-order valence-corrected chi connectivity index (χ3v) is 6.80. The number of carbonyl (C=O) groups is 3. The number of aromatic nitrogens is 2. The lowest BCUT2D eigenvalue weighted by molar-refractivity contribution is -0.122. The Morgan fingerprint density at radius 3 is 2.21 bits per heavy atom. The largest absolute Gasteiger partial charge is 0.465 e. The lowest BCUT2D eigenvalue weighted by Crippen LogP contribution is -2.48. The van der Waals surface area contributed by atoms with Gasteiger partial charge in [-0.2, -0.15) is 0 Å². The van der Waals surface area contributed by atoms with Gasteiger partial charge >= 0.3 is 6.09 Å². The highest BCUT2D eigenvalue weighted by Gasteiger charge is 2.48. The summed E-state index contributed by atoms with van der Waals surface area (Å²) in [5.41, 5.74) is 1.70. The maximum Gasteiger partial charge on any atom is 0.407 e. The van der Waals surface area contributed by atoms with Crippen LogP contribution >= 0.6 is 0 Å². The van der Waals surface area contributed by atoms with Gasteiger partial charge < -0.3 is 10.0 Å². The second-order valence-corrected chi connectivity index (χ2v) is 8.90. The number of nitrogens with zero attached hydrogens (tertiary/aromatic N) is 5. The summed E-state index contributed by atoms with van der Waals surface area (Å²) >= 11 is 0. The van der Waals surface area contributed by atoms with E-state index in [-0.39, 0.29) is 23.7 Å². The molecule has 1 saturated carbocycles. The van der Waals surface area contributed by atoms with Gasteiger partial charge in [-0.15, -0.1) is 0 Å². The Balaban J connectivity index is 0.000000161. The molecule has 180 valence electrons. The van der Waals surface area contributed by atoms with Gasteiger partial charge in [-0.05, 0) is 37.1 Å². The minimum absolute atomic E-state index is 0.0345. The lowest BCUT2D eigenvalue weighted by Gasteiger charge is -2.32. The standard InChI is InChI=1S/C13H14N2O2.C12H17N3O2/c16-12-10-5-1-2-6-11(10)13(17)15(12)9-4-3-7-14-8-9;16-12(17)15-9-7-14(8-10-15)6-4-11-3-1-2-5-13-11/h3-4,7-8,10-11H,1-2,5-6H2;1-3,5H,4,6-10H2,(H,16,17). The van der Waals surface area contributed by atoms with Crippen LogP contribution in [-0.2, 0) is 16.0 Å². The van der Waals surface area contributed by atoms with E-state index < -0.39 is 6.09 Å². The quantitative estimate of drug-likeness (QED) is 0.692. The maximum absolute atomic E-state index is 12.2. The van der Waals surface area contributed by atoms with Crippen molar-refractivity contribution in [1.29, 1.82) is 0 Å². The molecule has 9 heteroatoms. The predicted octanol–water partition coefficient (Wildman–Crippen LogP) is 2.68. The zero-order valence-corrected chi connectivity index (χ0v) is 19.3. The number of imide groups is 1. The van der Waals surface area contributed by atoms with Crippen LogP contribution in [0, 0.1) is 11.8 Å². The molecular weight excluding hydrogens is 434 g/mol. The van der Waals surface area contributed by atoms with Gasteiger partial charge in [-0.25, -0.2) is 9.69 Å². The molecule has 3 amide bonds. The number of anilines is 1. The summed E-state index contributed by atoms with van der Waals surface area (Å²) in [5, 5.41) is 8.83. The normalized spacial score (nSPS) is 22.7. The molecule has 1 N–H and O–H groups in total. The van der Waals surface area contributed by atoms with Crippen molar-refractivity contribution in [1.82, 2.24) is 19.8 Å². The number of amides is 3. The van der Waals surface area contributed by atoms with Crippen molar-refractivity contribution < 1.29 is 19.5 Å². The fourth-order valence-corrected chi connectivity index (χ4v) is 4.88. The first-order chi connectivity index (χ1) is 16.5. The summed E-state index contributed by atoms with van der Waals surface area (Å²) < 4.78 is 0. The number of pyridine rings is 2. The van der Waals surface area contributed by atoms with Gasteiger partial charge in [0.25, 0.3) is 0 Å². The Morgan fingerprint density at radius 2 is 1.65 bits per heavy atom. The third-order valence-electron chi connectivity index (χ3n) is 6.80. The second-order valence-electron chi connectivity index (χ2n) is 8.90. The predicted molar refractivity (Wildman–Crippen MR) is 126 cm³/mol. The third kappa shape index (κ3) is 5.59. The molecule has 34 heavy (non-hydrogen) atoms. The molecule has 4 heterocycles. The fourth-order valence-electron chi connectivity index (χ4n) is 4.88. The number of hydrogen-bond donors (Lipinski definition) is 1. The summed E-state index contributed by atoms with van der Waals surface area (Å²) in [6.45, 7) is 3.80. The summed E-state index contributed by atoms with van der Waals surface area (Å²) in [4.78, 5) is 48.5. The average molecular weight is 466 g/mol. The van der Waals surface area contributed by atoms with Gasteiger partial charge in [0.2, 0.25) is 11.8 Å². The van der Waals surface area contributed by atoms with Gasteiger partial charge in [0.05, 0.1) is 23.7 Å².